The molecule has 0 aromatic heterocycles. The molecule has 0 fully saturated rings. The predicted molar refractivity (Wildman–Crippen MR) is 87.5 cm³/mol. The van der Waals surface area contributed by atoms with Crippen molar-refractivity contribution in [3.8, 4) is 0 Å². The van der Waals surface area contributed by atoms with Crippen LogP contribution in [0.5, 0.6) is 0 Å². The summed E-state index contributed by atoms with van der Waals surface area (Å²) in [5.41, 5.74) is 6.59. The molecule has 0 unspecified atom stereocenters. The average molecular weight is 310 g/mol. The van der Waals surface area contributed by atoms with E-state index in [1.54, 1.807) is 25.3 Å². The van der Waals surface area contributed by atoms with E-state index in [4.69, 9.17) is 27.4 Å². The van der Waals surface area contributed by atoms with Crippen molar-refractivity contribution in [3.63, 3.8) is 0 Å². The molecule has 0 aliphatic heterocycles. The monoisotopic (exact) mass is 310 g/mol. The molecule has 5 nitrogen and oxygen atoms in total. The number of hydrogen-bond donors (Lipinski definition) is 2. The Balaban J connectivity index is 2.43. The zero-order valence-corrected chi connectivity index (χ0v) is 13.5. The number of thiocarbonyl (C=S) groups is 1. The average Bonchev–Trinajstić information content (AvgIpc) is 2.44. The highest BCUT2D eigenvalue weighted by molar-refractivity contribution is 7.80. The van der Waals surface area contributed by atoms with E-state index in [1.165, 1.54) is 0 Å². The molecule has 1 aromatic rings. The number of methoxy groups -OCH3 is 1. The van der Waals surface area contributed by atoms with E-state index < -0.39 is 0 Å². The van der Waals surface area contributed by atoms with Crippen molar-refractivity contribution in [1.82, 2.24) is 0 Å². The van der Waals surface area contributed by atoms with E-state index in [2.05, 4.69) is 5.32 Å². The summed E-state index contributed by atoms with van der Waals surface area (Å²) in [6.07, 6.45) is 0.709. The van der Waals surface area contributed by atoms with Gasteiger partial charge in [0.25, 0.3) is 0 Å². The molecule has 0 heterocycles. The minimum absolute atomic E-state index is 0.0224. The fourth-order valence-electron chi connectivity index (χ4n) is 1.58. The first-order chi connectivity index (χ1) is 9.85. The van der Waals surface area contributed by atoms with Crippen LogP contribution in [-0.2, 0) is 14.3 Å². The largest absolute Gasteiger partial charge is 0.389 e. The molecule has 0 saturated carbocycles. The van der Waals surface area contributed by atoms with Crippen LogP contribution < -0.4 is 11.1 Å². The van der Waals surface area contributed by atoms with Crippen molar-refractivity contribution in [2.24, 2.45) is 5.73 Å². The molecule has 3 N–H and O–H groups in total. The first kappa shape index (κ1) is 17.6. The molecule has 1 amide bonds. The summed E-state index contributed by atoms with van der Waals surface area (Å²) in [6.45, 7) is 4.36. The minimum atomic E-state index is -0.255. The van der Waals surface area contributed by atoms with Gasteiger partial charge in [-0.25, -0.2) is 0 Å². The van der Waals surface area contributed by atoms with Crippen molar-refractivity contribution in [2.75, 3.05) is 25.6 Å². The molecule has 0 radical (unpaired) electrons. The quantitative estimate of drug-likeness (QED) is 0.568. The third-order valence-electron chi connectivity index (χ3n) is 3.10. The van der Waals surface area contributed by atoms with Gasteiger partial charge in [-0.2, -0.15) is 0 Å². The Kier molecular flexibility index (Phi) is 6.74. The highest BCUT2D eigenvalue weighted by Crippen LogP contribution is 2.15. The van der Waals surface area contributed by atoms with Gasteiger partial charge in [-0.05, 0) is 32.4 Å². The lowest BCUT2D eigenvalue weighted by Gasteiger charge is -2.22. The summed E-state index contributed by atoms with van der Waals surface area (Å²) >= 11 is 4.94. The third kappa shape index (κ3) is 6.20. The molecule has 0 saturated heterocycles. The van der Waals surface area contributed by atoms with Gasteiger partial charge in [0.2, 0.25) is 5.91 Å². The van der Waals surface area contributed by atoms with Gasteiger partial charge in [0.1, 0.15) is 11.6 Å². The molecule has 0 aliphatic rings. The Hall–Kier alpha value is -1.50. The molecule has 21 heavy (non-hydrogen) atoms. The van der Waals surface area contributed by atoms with Gasteiger partial charge >= 0.3 is 0 Å². The summed E-state index contributed by atoms with van der Waals surface area (Å²) in [4.78, 5) is 12.1. The highest BCUT2D eigenvalue weighted by atomic mass is 32.1. The van der Waals surface area contributed by atoms with Crippen molar-refractivity contribution >= 4 is 28.8 Å². The van der Waals surface area contributed by atoms with E-state index in [0.717, 1.165) is 0 Å². The lowest BCUT2D eigenvalue weighted by Crippen LogP contribution is -2.26. The summed E-state index contributed by atoms with van der Waals surface area (Å²) in [7, 11) is 1.65. The van der Waals surface area contributed by atoms with Crippen LogP contribution in [0.15, 0.2) is 24.3 Å². The zero-order valence-electron chi connectivity index (χ0n) is 12.6. The van der Waals surface area contributed by atoms with Gasteiger partial charge < -0.3 is 20.5 Å². The zero-order chi connectivity index (χ0) is 15.9. The summed E-state index contributed by atoms with van der Waals surface area (Å²) in [5, 5.41) is 2.74. The van der Waals surface area contributed by atoms with Crippen LogP contribution in [0.4, 0.5) is 5.69 Å². The summed E-state index contributed by atoms with van der Waals surface area (Å²) in [5.74, 6) is -0.242. The normalized spacial score (nSPS) is 11.2. The second-order valence-electron chi connectivity index (χ2n) is 5.22. The van der Waals surface area contributed by atoms with Crippen molar-refractivity contribution in [2.45, 2.75) is 25.9 Å². The minimum Gasteiger partial charge on any atom is -0.389 e. The summed E-state index contributed by atoms with van der Waals surface area (Å²) < 4.78 is 10.6. The Morgan fingerprint density at radius 1 is 1.38 bits per heavy atom. The van der Waals surface area contributed by atoms with Gasteiger partial charge in [-0.3, -0.25) is 4.79 Å². The van der Waals surface area contributed by atoms with Crippen molar-refractivity contribution < 1.29 is 14.3 Å². The number of ether oxygens (including phenoxy) is 2. The predicted octanol–water partition coefficient (Wildman–Crippen LogP) is 2.09. The maximum absolute atomic E-state index is 11.8. The van der Waals surface area contributed by atoms with Gasteiger partial charge in [0, 0.05) is 19.3 Å². The fourth-order valence-corrected chi connectivity index (χ4v) is 1.76. The number of rotatable bonds is 8. The number of carbonyl (C=O) groups is 1. The van der Waals surface area contributed by atoms with Gasteiger partial charge in [0.15, 0.2) is 0 Å². The van der Waals surface area contributed by atoms with E-state index in [-0.39, 0.29) is 23.1 Å². The van der Waals surface area contributed by atoms with Gasteiger partial charge in [-0.1, -0.05) is 24.4 Å². The van der Waals surface area contributed by atoms with Crippen LogP contribution in [0.1, 0.15) is 25.8 Å². The summed E-state index contributed by atoms with van der Waals surface area (Å²) in [6, 6.07) is 7.13. The third-order valence-corrected chi connectivity index (χ3v) is 3.32. The SMILES string of the molecule is COC(C)(C)CCOCC(=O)Nc1ccccc1C(N)=S. The molecule has 116 valence electrons. The van der Waals surface area contributed by atoms with Crippen LogP contribution >= 0.6 is 12.2 Å². The van der Waals surface area contributed by atoms with Crippen molar-refractivity contribution in [1.29, 1.82) is 0 Å². The highest BCUT2D eigenvalue weighted by Gasteiger charge is 2.16. The van der Waals surface area contributed by atoms with Crippen LogP contribution in [0.25, 0.3) is 0 Å². The Morgan fingerprint density at radius 2 is 2.05 bits per heavy atom. The van der Waals surface area contributed by atoms with Crippen LogP contribution in [-0.4, -0.2) is 36.8 Å². The van der Waals surface area contributed by atoms with Crippen LogP contribution in [0.2, 0.25) is 0 Å². The molecule has 0 atom stereocenters. The Morgan fingerprint density at radius 3 is 2.67 bits per heavy atom. The second-order valence-corrected chi connectivity index (χ2v) is 5.66. The molecule has 0 aliphatic carbocycles. The molecule has 6 heteroatoms. The number of nitrogens with one attached hydrogen (secondary N) is 1. The molecular formula is C15H22N2O3S. The number of carbonyl (C=O) groups excluding carboxylic acids is 1. The Labute approximate surface area is 130 Å². The topological polar surface area (TPSA) is 73.6 Å². The first-order valence-corrected chi connectivity index (χ1v) is 7.08. The molecule has 0 bridgehead atoms. The lowest BCUT2D eigenvalue weighted by atomic mass is 10.1. The number of benzene rings is 1. The van der Waals surface area contributed by atoms with E-state index in [9.17, 15) is 4.79 Å². The van der Waals surface area contributed by atoms with E-state index in [0.29, 0.717) is 24.3 Å². The van der Waals surface area contributed by atoms with Gasteiger partial charge in [-0.15, -0.1) is 0 Å². The van der Waals surface area contributed by atoms with Crippen molar-refractivity contribution in [3.05, 3.63) is 29.8 Å². The second kappa shape index (κ2) is 8.07. The smallest absolute Gasteiger partial charge is 0.250 e. The van der Waals surface area contributed by atoms with Crippen LogP contribution in [0.3, 0.4) is 0 Å². The number of hydrogen-bond acceptors (Lipinski definition) is 4. The number of para-hydroxylation sites is 1. The first-order valence-electron chi connectivity index (χ1n) is 6.67. The number of amides is 1. The van der Waals surface area contributed by atoms with Crippen LogP contribution in [0, 0.1) is 0 Å². The maximum Gasteiger partial charge on any atom is 0.250 e. The molecule has 0 spiro atoms. The maximum atomic E-state index is 11.8. The molecule has 1 rings (SSSR count). The standard InChI is InChI=1S/C15H22N2O3S/c1-15(2,19-3)8-9-20-10-13(18)17-12-7-5-4-6-11(12)14(16)21/h4-7H,8-10H2,1-3H3,(H2,16,21)(H,17,18). The molecular weight excluding hydrogens is 288 g/mol. The number of nitrogens with two attached hydrogens (primary N) is 1. The number of anilines is 1. The molecule has 1 aromatic carbocycles. The fraction of sp³-hybridized carbons (Fsp3) is 0.467. The Bertz CT molecular complexity index is 503. The van der Waals surface area contributed by atoms with Gasteiger partial charge in [0.05, 0.1) is 11.3 Å². The van der Waals surface area contributed by atoms with E-state index in [1.807, 2.05) is 19.9 Å². The lowest BCUT2D eigenvalue weighted by molar-refractivity contribution is -0.121. The van der Waals surface area contributed by atoms with E-state index >= 15 is 0 Å².